The summed E-state index contributed by atoms with van der Waals surface area (Å²) >= 11 is 0. The zero-order valence-electron chi connectivity index (χ0n) is 10.9. The minimum atomic E-state index is -3.40. The summed E-state index contributed by atoms with van der Waals surface area (Å²) in [5, 5.41) is 11.2. The lowest BCUT2D eigenvalue weighted by atomic mass is 10.3. The van der Waals surface area contributed by atoms with Crippen LogP contribution in [0.5, 0.6) is 5.75 Å². The van der Waals surface area contributed by atoms with Gasteiger partial charge in [-0.15, -0.1) is 0 Å². The van der Waals surface area contributed by atoms with Gasteiger partial charge in [-0.05, 0) is 37.1 Å². The normalized spacial score (nSPS) is 17.3. The molecule has 0 aliphatic carbocycles. The average molecular weight is 299 g/mol. The smallest absolute Gasteiger partial charge is 0.243 e. The lowest BCUT2D eigenvalue weighted by Gasteiger charge is -2.15. The van der Waals surface area contributed by atoms with Crippen LogP contribution in [0.4, 0.5) is 0 Å². The summed E-state index contributed by atoms with van der Waals surface area (Å²) in [5.41, 5.74) is 5.28. The van der Waals surface area contributed by atoms with Crippen LogP contribution < -0.4 is 10.5 Å². The first kappa shape index (κ1) is 14.6. The molecular formula is C12H17N3O4S. The molecule has 1 heterocycles. The zero-order valence-corrected chi connectivity index (χ0v) is 11.7. The van der Waals surface area contributed by atoms with E-state index in [9.17, 15) is 8.42 Å². The molecule has 0 atom stereocenters. The molecule has 1 aliphatic rings. The number of rotatable bonds is 5. The molecule has 1 saturated heterocycles. The lowest BCUT2D eigenvalue weighted by molar-refractivity contribution is 0.306. The van der Waals surface area contributed by atoms with Crippen LogP contribution in [0.1, 0.15) is 12.8 Å². The molecule has 8 heteroatoms. The van der Waals surface area contributed by atoms with Gasteiger partial charge in [0.25, 0.3) is 0 Å². The summed E-state index contributed by atoms with van der Waals surface area (Å²) in [4.78, 5) is 0.246. The van der Waals surface area contributed by atoms with Crippen molar-refractivity contribution in [2.75, 3.05) is 19.7 Å². The quantitative estimate of drug-likeness (QED) is 0.358. The molecule has 0 aromatic heterocycles. The average Bonchev–Trinajstić information content (AvgIpc) is 3.00. The van der Waals surface area contributed by atoms with E-state index in [2.05, 4.69) is 5.16 Å². The Labute approximate surface area is 117 Å². The maximum absolute atomic E-state index is 12.3. The Morgan fingerprint density at radius 2 is 1.90 bits per heavy atom. The van der Waals surface area contributed by atoms with Crippen LogP contribution in [0.3, 0.4) is 0 Å². The molecule has 7 nitrogen and oxygen atoms in total. The maximum atomic E-state index is 12.3. The molecule has 0 saturated carbocycles. The number of amidine groups is 1. The molecule has 1 aromatic carbocycles. The molecule has 20 heavy (non-hydrogen) atoms. The molecule has 0 bridgehead atoms. The van der Waals surface area contributed by atoms with Gasteiger partial charge in [0, 0.05) is 13.1 Å². The molecule has 3 N–H and O–H groups in total. The van der Waals surface area contributed by atoms with Gasteiger partial charge < -0.3 is 15.7 Å². The van der Waals surface area contributed by atoms with E-state index < -0.39 is 10.0 Å². The van der Waals surface area contributed by atoms with Crippen molar-refractivity contribution >= 4 is 15.9 Å². The molecule has 1 aromatic rings. The van der Waals surface area contributed by atoms with Gasteiger partial charge in [0.15, 0.2) is 5.84 Å². The van der Waals surface area contributed by atoms with Gasteiger partial charge >= 0.3 is 0 Å². The number of ether oxygens (including phenoxy) is 1. The second-order valence-corrected chi connectivity index (χ2v) is 6.40. The Morgan fingerprint density at radius 3 is 2.45 bits per heavy atom. The van der Waals surface area contributed by atoms with E-state index in [-0.39, 0.29) is 17.3 Å². The summed E-state index contributed by atoms with van der Waals surface area (Å²) in [6, 6.07) is 6.09. The van der Waals surface area contributed by atoms with Crippen LogP contribution in [-0.4, -0.2) is 43.5 Å². The van der Waals surface area contributed by atoms with Crippen molar-refractivity contribution in [3.63, 3.8) is 0 Å². The Bertz CT molecular complexity index is 577. The molecule has 0 spiro atoms. The first-order valence-corrected chi connectivity index (χ1v) is 7.67. The van der Waals surface area contributed by atoms with Gasteiger partial charge in [-0.25, -0.2) is 8.42 Å². The van der Waals surface area contributed by atoms with E-state index in [4.69, 9.17) is 15.7 Å². The van der Waals surface area contributed by atoms with E-state index >= 15 is 0 Å². The summed E-state index contributed by atoms with van der Waals surface area (Å²) in [6.45, 7) is 1.09. The van der Waals surface area contributed by atoms with E-state index in [1.807, 2.05) is 0 Å². The highest BCUT2D eigenvalue weighted by Crippen LogP contribution is 2.22. The molecule has 0 amide bonds. The van der Waals surface area contributed by atoms with Gasteiger partial charge in [0.05, 0.1) is 4.90 Å². The molecule has 2 rings (SSSR count). The van der Waals surface area contributed by atoms with Crippen molar-refractivity contribution in [3.8, 4) is 5.75 Å². The molecule has 1 fully saturated rings. The fourth-order valence-electron chi connectivity index (χ4n) is 1.97. The first-order valence-electron chi connectivity index (χ1n) is 6.23. The molecule has 0 unspecified atom stereocenters. The zero-order chi connectivity index (χ0) is 14.6. The van der Waals surface area contributed by atoms with Gasteiger partial charge in [0.2, 0.25) is 10.0 Å². The van der Waals surface area contributed by atoms with Gasteiger partial charge in [-0.1, -0.05) is 5.16 Å². The van der Waals surface area contributed by atoms with Crippen LogP contribution in [-0.2, 0) is 10.0 Å². The highest BCUT2D eigenvalue weighted by atomic mass is 32.2. The highest BCUT2D eigenvalue weighted by Gasteiger charge is 2.26. The fourth-order valence-corrected chi connectivity index (χ4v) is 3.49. The van der Waals surface area contributed by atoms with Gasteiger partial charge in [-0.2, -0.15) is 4.31 Å². The minimum absolute atomic E-state index is 0.0567. The van der Waals surface area contributed by atoms with Crippen molar-refractivity contribution in [1.29, 1.82) is 0 Å². The van der Waals surface area contributed by atoms with Gasteiger partial charge in [0.1, 0.15) is 12.4 Å². The largest absolute Gasteiger partial charge is 0.486 e. The third-order valence-electron chi connectivity index (χ3n) is 3.04. The second-order valence-electron chi connectivity index (χ2n) is 4.46. The van der Waals surface area contributed by atoms with Gasteiger partial charge in [-0.3, -0.25) is 0 Å². The van der Waals surface area contributed by atoms with Crippen molar-refractivity contribution < 1.29 is 18.4 Å². The summed E-state index contributed by atoms with van der Waals surface area (Å²) < 4.78 is 31.3. The van der Waals surface area contributed by atoms with Crippen LogP contribution in [0, 0.1) is 0 Å². The number of nitrogens with zero attached hydrogens (tertiary/aromatic N) is 2. The standard InChI is InChI=1S/C12H17N3O4S/c13-12(14-16)9-19-10-3-5-11(6-4-10)20(17,18)15-7-1-2-8-15/h3-6,16H,1-2,7-9H2,(H2,13,14). The Balaban J connectivity index is 2.07. The molecular weight excluding hydrogens is 282 g/mol. The number of sulfonamides is 1. The predicted molar refractivity (Wildman–Crippen MR) is 73.3 cm³/mol. The van der Waals surface area contributed by atoms with E-state index in [0.29, 0.717) is 18.8 Å². The van der Waals surface area contributed by atoms with Crippen LogP contribution in [0.15, 0.2) is 34.3 Å². The number of oxime groups is 1. The summed E-state index contributed by atoms with van der Waals surface area (Å²) in [7, 11) is -3.40. The predicted octanol–water partition coefficient (Wildman–Crippen LogP) is 0.596. The first-order chi connectivity index (χ1) is 9.54. The number of benzene rings is 1. The van der Waals surface area contributed by atoms with Crippen molar-refractivity contribution in [1.82, 2.24) is 4.31 Å². The fraction of sp³-hybridized carbons (Fsp3) is 0.417. The topological polar surface area (TPSA) is 105 Å². The Kier molecular flexibility index (Phi) is 4.46. The number of hydrogen-bond acceptors (Lipinski definition) is 5. The molecule has 110 valence electrons. The number of nitrogens with two attached hydrogens (primary N) is 1. The van der Waals surface area contributed by atoms with Crippen LogP contribution in [0.2, 0.25) is 0 Å². The lowest BCUT2D eigenvalue weighted by Crippen LogP contribution is -2.27. The van der Waals surface area contributed by atoms with Crippen LogP contribution in [0.25, 0.3) is 0 Å². The SMILES string of the molecule is N/C(COc1ccc(S(=O)(=O)N2CCCC2)cc1)=N\O. The second kappa shape index (κ2) is 6.10. The Hall–Kier alpha value is -1.80. The van der Waals surface area contributed by atoms with Crippen molar-refractivity contribution in [2.45, 2.75) is 17.7 Å². The number of hydrogen-bond donors (Lipinski definition) is 2. The minimum Gasteiger partial charge on any atom is -0.486 e. The monoisotopic (exact) mass is 299 g/mol. The van der Waals surface area contributed by atoms with E-state index in [0.717, 1.165) is 12.8 Å². The molecule has 0 radical (unpaired) electrons. The maximum Gasteiger partial charge on any atom is 0.243 e. The van der Waals surface area contributed by atoms with E-state index in [1.54, 1.807) is 12.1 Å². The Morgan fingerprint density at radius 1 is 1.30 bits per heavy atom. The van der Waals surface area contributed by atoms with Crippen molar-refractivity contribution in [2.24, 2.45) is 10.9 Å². The summed E-state index contributed by atoms with van der Waals surface area (Å²) in [5.74, 6) is 0.399. The van der Waals surface area contributed by atoms with E-state index in [1.165, 1.54) is 16.4 Å². The molecule has 1 aliphatic heterocycles. The third kappa shape index (κ3) is 3.20. The van der Waals surface area contributed by atoms with Crippen LogP contribution >= 0.6 is 0 Å². The third-order valence-corrected chi connectivity index (χ3v) is 4.95. The highest BCUT2D eigenvalue weighted by molar-refractivity contribution is 7.89. The summed E-state index contributed by atoms with van der Waals surface area (Å²) in [6.07, 6.45) is 1.81. The van der Waals surface area contributed by atoms with Crippen molar-refractivity contribution in [3.05, 3.63) is 24.3 Å².